The van der Waals surface area contributed by atoms with Crippen molar-refractivity contribution in [3.05, 3.63) is 70.8 Å². The van der Waals surface area contributed by atoms with Gasteiger partial charge in [-0.3, -0.25) is 4.79 Å². The van der Waals surface area contributed by atoms with Gasteiger partial charge >= 0.3 is 6.18 Å². The topological polar surface area (TPSA) is 29.1 Å². The van der Waals surface area contributed by atoms with Crippen molar-refractivity contribution in [2.24, 2.45) is 0 Å². The molecule has 0 saturated heterocycles. The van der Waals surface area contributed by atoms with Gasteiger partial charge in [-0.05, 0) is 30.5 Å². The third-order valence-electron chi connectivity index (χ3n) is 3.84. The van der Waals surface area contributed by atoms with Crippen LogP contribution in [0.15, 0.2) is 48.5 Å². The Kier molecular flexibility index (Phi) is 5.65. The van der Waals surface area contributed by atoms with E-state index in [1.54, 1.807) is 0 Å². The molecule has 0 spiro atoms. The fourth-order valence-electron chi connectivity index (χ4n) is 2.51. The maximum atomic E-state index is 12.7. The molecule has 1 atom stereocenters. The van der Waals surface area contributed by atoms with E-state index in [2.05, 4.69) is 5.32 Å². The third-order valence-corrected chi connectivity index (χ3v) is 3.84. The molecule has 0 aromatic heterocycles. The van der Waals surface area contributed by atoms with Crippen LogP contribution in [-0.2, 0) is 17.4 Å². The van der Waals surface area contributed by atoms with Gasteiger partial charge in [0.15, 0.2) is 0 Å². The second-order valence-electron chi connectivity index (χ2n) is 5.81. The normalized spacial score (nSPS) is 12.7. The molecule has 2 aromatic carbocycles. The van der Waals surface area contributed by atoms with Crippen molar-refractivity contribution in [2.45, 2.75) is 38.9 Å². The van der Waals surface area contributed by atoms with Crippen LogP contribution in [0.4, 0.5) is 13.2 Å². The van der Waals surface area contributed by atoms with Crippen LogP contribution in [0.1, 0.15) is 41.6 Å². The summed E-state index contributed by atoms with van der Waals surface area (Å²) in [4.78, 5) is 12.2. The van der Waals surface area contributed by atoms with Crippen molar-refractivity contribution in [1.29, 1.82) is 0 Å². The van der Waals surface area contributed by atoms with Crippen LogP contribution >= 0.6 is 0 Å². The Morgan fingerprint density at radius 3 is 2.38 bits per heavy atom. The molecule has 0 radical (unpaired) electrons. The average molecular weight is 335 g/mol. The molecule has 2 rings (SSSR count). The Labute approximate surface area is 139 Å². The lowest BCUT2D eigenvalue weighted by Gasteiger charge is -2.18. The fraction of sp³-hybridized carbons (Fsp3) is 0.316. The maximum absolute atomic E-state index is 12.7. The van der Waals surface area contributed by atoms with Gasteiger partial charge in [0.1, 0.15) is 0 Å². The number of benzene rings is 2. The fourth-order valence-corrected chi connectivity index (χ4v) is 2.51. The van der Waals surface area contributed by atoms with Gasteiger partial charge in [0, 0.05) is 0 Å². The Morgan fingerprint density at radius 1 is 1.12 bits per heavy atom. The number of carbonyl (C=O) groups excluding carboxylic acids is 1. The van der Waals surface area contributed by atoms with E-state index >= 15 is 0 Å². The first-order valence-corrected chi connectivity index (χ1v) is 7.81. The minimum Gasteiger partial charge on any atom is -0.349 e. The van der Waals surface area contributed by atoms with Crippen LogP contribution in [0, 0.1) is 6.92 Å². The maximum Gasteiger partial charge on any atom is 0.416 e. The van der Waals surface area contributed by atoms with Crippen molar-refractivity contribution in [3.8, 4) is 0 Å². The molecule has 0 aliphatic heterocycles. The molecule has 1 amide bonds. The molecule has 5 heteroatoms. The third kappa shape index (κ3) is 4.85. The lowest BCUT2D eigenvalue weighted by atomic mass is 10.0. The highest BCUT2D eigenvalue weighted by molar-refractivity contribution is 5.79. The van der Waals surface area contributed by atoms with E-state index in [1.807, 2.05) is 38.1 Å². The summed E-state index contributed by atoms with van der Waals surface area (Å²) >= 11 is 0. The molecule has 24 heavy (non-hydrogen) atoms. The van der Waals surface area contributed by atoms with E-state index in [0.717, 1.165) is 23.3 Å². The van der Waals surface area contributed by atoms with Crippen molar-refractivity contribution >= 4 is 5.91 Å². The van der Waals surface area contributed by atoms with Crippen LogP contribution in [-0.4, -0.2) is 5.91 Å². The first-order chi connectivity index (χ1) is 11.3. The van der Waals surface area contributed by atoms with E-state index in [-0.39, 0.29) is 18.4 Å². The number of hydrogen-bond donors (Lipinski definition) is 1. The van der Waals surface area contributed by atoms with E-state index < -0.39 is 11.7 Å². The molecule has 0 unspecified atom stereocenters. The second kappa shape index (κ2) is 7.51. The number of rotatable bonds is 5. The molecule has 0 heterocycles. The number of carbonyl (C=O) groups is 1. The molecule has 0 aliphatic rings. The number of alkyl halides is 3. The number of aryl methyl sites for hydroxylation is 1. The van der Waals surface area contributed by atoms with Crippen molar-refractivity contribution in [3.63, 3.8) is 0 Å². The first-order valence-electron chi connectivity index (χ1n) is 7.81. The first kappa shape index (κ1) is 18.0. The lowest BCUT2D eigenvalue weighted by molar-refractivity contribution is -0.137. The van der Waals surface area contributed by atoms with Crippen LogP contribution in [0.3, 0.4) is 0 Å². The molecule has 1 N–H and O–H groups in total. The largest absolute Gasteiger partial charge is 0.416 e. The van der Waals surface area contributed by atoms with E-state index in [9.17, 15) is 18.0 Å². The van der Waals surface area contributed by atoms with Gasteiger partial charge in [-0.25, -0.2) is 0 Å². The monoisotopic (exact) mass is 335 g/mol. The lowest BCUT2D eigenvalue weighted by Crippen LogP contribution is -2.29. The molecule has 0 fully saturated rings. The van der Waals surface area contributed by atoms with E-state index in [4.69, 9.17) is 0 Å². The molecule has 2 nitrogen and oxygen atoms in total. The Balaban J connectivity index is 2.05. The number of hydrogen-bond acceptors (Lipinski definition) is 1. The zero-order valence-corrected chi connectivity index (χ0v) is 13.7. The molecule has 0 aliphatic carbocycles. The second-order valence-corrected chi connectivity index (χ2v) is 5.81. The quantitative estimate of drug-likeness (QED) is 0.833. The van der Waals surface area contributed by atoms with Crippen molar-refractivity contribution in [2.75, 3.05) is 0 Å². The summed E-state index contributed by atoms with van der Waals surface area (Å²) in [6.45, 7) is 3.94. The van der Waals surface area contributed by atoms with E-state index in [1.165, 1.54) is 12.1 Å². The highest BCUT2D eigenvalue weighted by Crippen LogP contribution is 2.29. The van der Waals surface area contributed by atoms with Crippen molar-refractivity contribution in [1.82, 2.24) is 5.32 Å². The Morgan fingerprint density at radius 2 is 1.79 bits per heavy atom. The summed E-state index contributed by atoms with van der Waals surface area (Å²) in [6.07, 6.45) is -3.77. The van der Waals surface area contributed by atoms with Crippen LogP contribution < -0.4 is 5.32 Å². The molecule has 0 saturated carbocycles. The summed E-state index contributed by atoms with van der Waals surface area (Å²) in [6, 6.07) is 12.6. The zero-order chi connectivity index (χ0) is 17.7. The molecule has 2 aromatic rings. The predicted octanol–water partition coefficient (Wildman–Crippen LogP) is 4.82. The standard InChI is InChI=1S/C19H20F3NO/c1-3-17(15-9-7-13(2)8-10-15)23-18(24)12-14-5-4-6-16(11-14)19(20,21)22/h4-11,17H,3,12H2,1-2H3,(H,23,24)/t17-/m1/s1. The summed E-state index contributed by atoms with van der Waals surface area (Å²) in [5.41, 5.74) is 1.73. The molecule has 128 valence electrons. The SMILES string of the molecule is CC[C@@H](NC(=O)Cc1cccc(C(F)(F)F)c1)c1ccc(C)cc1. The van der Waals surface area contributed by atoms with Gasteiger partial charge in [0.2, 0.25) is 5.91 Å². The van der Waals surface area contributed by atoms with Gasteiger partial charge in [-0.15, -0.1) is 0 Å². The number of nitrogens with one attached hydrogen (secondary N) is 1. The number of halogens is 3. The van der Waals surface area contributed by atoms with E-state index in [0.29, 0.717) is 12.0 Å². The molecule has 0 bridgehead atoms. The Bertz CT molecular complexity index is 693. The predicted molar refractivity (Wildman–Crippen MR) is 87.5 cm³/mol. The number of amides is 1. The highest BCUT2D eigenvalue weighted by Gasteiger charge is 2.30. The highest BCUT2D eigenvalue weighted by atomic mass is 19.4. The van der Waals surface area contributed by atoms with Gasteiger partial charge in [0.25, 0.3) is 0 Å². The smallest absolute Gasteiger partial charge is 0.349 e. The van der Waals surface area contributed by atoms with Gasteiger partial charge in [0.05, 0.1) is 18.0 Å². The van der Waals surface area contributed by atoms with Gasteiger partial charge in [-0.1, -0.05) is 55.0 Å². The molecular formula is C19H20F3NO. The average Bonchev–Trinajstić information content (AvgIpc) is 2.53. The summed E-state index contributed by atoms with van der Waals surface area (Å²) in [5.74, 6) is -0.290. The van der Waals surface area contributed by atoms with Crippen molar-refractivity contribution < 1.29 is 18.0 Å². The summed E-state index contributed by atoms with van der Waals surface area (Å²) in [5, 5.41) is 2.89. The van der Waals surface area contributed by atoms with Crippen LogP contribution in [0.2, 0.25) is 0 Å². The van der Waals surface area contributed by atoms with Crippen LogP contribution in [0.25, 0.3) is 0 Å². The zero-order valence-electron chi connectivity index (χ0n) is 13.7. The Hall–Kier alpha value is -2.30. The van der Waals surface area contributed by atoms with Crippen LogP contribution in [0.5, 0.6) is 0 Å². The minimum atomic E-state index is -4.40. The molecular weight excluding hydrogens is 315 g/mol. The minimum absolute atomic E-state index is 0.0771. The summed E-state index contributed by atoms with van der Waals surface area (Å²) in [7, 11) is 0. The van der Waals surface area contributed by atoms with Gasteiger partial charge < -0.3 is 5.32 Å². The summed E-state index contributed by atoms with van der Waals surface area (Å²) < 4.78 is 38.2. The van der Waals surface area contributed by atoms with Gasteiger partial charge in [-0.2, -0.15) is 13.2 Å².